The van der Waals surface area contributed by atoms with Gasteiger partial charge < -0.3 is 19.7 Å². The summed E-state index contributed by atoms with van der Waals surface area (Å²) < 4.78 is 61.4. The Labute approximate surface area is 200 Å². The van der Waals surface area contributed by atoms with Crippen LogP contribution in [0.2, 0.25) is 0 Å². The molecule has 0 atom stereocenters. The summed E-state index contributed by atoms with van der Waals surface area (Å²) in [4.78, 5) is 6.17. The predicted molar refractivity (Wildman–Crippen MR) is 127 cm³/mol. The number of benzene rings is 1. The fourth-order valence-electron chi connectivity index (χ4n) is 3.06. The molecule has 0 spiro atoms. The van der Waals surface area contributed by atoms with Crippen molar-refractivity contribution in [3.8, 4) is 5.75 Å². The van der Waals surface area contributed by atoms with E-state index >= 15 is 0 Å². The van der Waals surface area contributed by atoms with Crippen LogP contribution in [0.4, 0.5) is 8.78 Å². The lowest BCUT2D eigenvalue weighted by molar-refractivity contribution is -0.0504. The summed E-state index contributed by atoms with van der Waals surface area (Å²) in [7, 11) is -1.75. The fourth-order valence-corrected chi connectivity index (χ4v) is 4.35. The third kappa shape index (κ3) is 9.02. The molecule has 0 amide bonds. The van der Waals surface area contributed by atoms with Crippen LogP contribution in [0.15, 0.2) is 29.3 Å². The molecular weight excluding hydrogens is 545 g/mol. The lowest BCUT2D eigenvalue weighted by Crippen LogP contribution is -2.54. The maximum Gasteiger partial charge on any atom is 0.387 e. The molecule has 8 nitrogen and oxygen atoms in total. The average Bonchev–Trinajstić information content (AvgIpc) is 2.69. The molecule has 1 aromatic rings. The number of piperazine rings is 1. The minimum Gasteiger partial charge on any atom is -0.434 e. The molecule has 1 saturated heterocycles. The number of sulfonamides is 1. The van der Waals surface area contributed by atoms with Gasteiger partial charge in [-0.15, -0.1) is 24.0 Å². The molecule has 0 saturated carbocycles. The van der Waals surface area contributed by atoms with Crippen molar-refractivity contribution >= 4 is 40.0 Å². The summed E-state index contributed by atoms with van der Waals surface area (Å²) in [5.41, 5.74) is 0.574. The van der Waals surface area contributed by atoms with Crippen LogP contribution in [0.1, 0.15) is 19.4 Å². The first-order chi connectivity index (χ1) is 14.2. The Morgan fingerprint density at radius 1 is 1.19 bits per heavy atom. The Morgan fingerprint density at radius 2 is 1.84 bits per heavy atom. The Balaban J connectivity index is 0.00000480. The van der Waals surface area contributed by atoms with E-state index in [9.17, 15) is 17.2 Å². The highest BCUT2D eigenvalue weighted by Crippen LogP contribution is 2.20. The number of hydrogen-bond acceptors (Lipinski definition) is 5. The van der Waals surface area contributed by atoms with Gasteiger partial charge in [0.25, 0.3) is 0 Å². The van der Waals surface area contributed by atoms with Crippen molar-refractivity contribution in [3.05, 3.63) is 29.8 Å². The summed E-state index contributed by atoms with van der Waals surface area (Å²) in [6.45, 7) is 2.88. The molecule has 0 aliphatic carbocycles. The first kappa shape index (κ1) is 27.8. The summed E-state index contributed by atoms with van der Waals surface area (Å²) >= 11 is 0. The molecule has 1 aliphatic heterocycles. The van der Waals surface area contributed by atoms with Gasteiger partial charge in [-0.05, 0) is 19.9 Å². The largest absolute Gasteiger partial charge is 0.434 e. The van der Waals surface area contributed by atoms with Gasteiger partial charge in [-0.2, -0.15) is 13.1 Å². The summed E-state index contributed by atoms with van der Waals surface area (Å²) in [6.07, 6.45) is -0.0114. The van der Waals surface area contributed by atoms with Crippen molar-refractivity contribution in [3.63, 3.8) is 0 Å². The number of nitrogens with one attached hydrogen (secondary N) is 1. The van der Waals surface area contributed by atoms with E-state index < -0.39 is 16.6 Å². The molecule has 0 bridgehead atoms. The fraction of sp³-hybridized carbons (Fsp3) is 0.632. The van der Waals surface area contributed by atoms with Crippen LogP contribution in [0.5, 0.6) is 5.75 Å². The number of para-hydroxylation sites is 1. The van der Waals surface area contributed by atoms with E-state index in [4.69, 9.17) is 4.74 Å². The molecule has 178 valence electrons. The maximum absolute atomic E-state index is 12.6. The van der Waals surface area contributed by atoms with Crippen LogP contribution >= 0.6 is 24.0 Å². The smallest absolute Gasteiger partial charge is 0.387 e. The van der Waals surface area contributed by atoms with Crippen molar-refractivity contribution < 1.29 is 26.7 Å². The van der Waals surface area contributed by atoms with Gasteiger partial charge in [0.15, 0.2) is 5.96 Å². The SMILES string of the molecule is CN=C(NCc1ccccc1OC(F)F)N1CCN(S(=O)(=O)CCOC(C)C)CC1.I. The van der Waals surface area contributed by atoms with Gasteiger partial charge in [-0.3, -0.25) is 4.99 Å². The van der Waals surface area contributed by atoms with Gasteiger partial charge in [-0.25, -0.2) is 8.42 Å². The van der Waals surface area contributed by atoms with Crippen LogP contribution in [0.25, 0.3) is 0 Å². The second-order valence-electron chi connectivity index (χ2n) is 7.01. The minimum absolute atomic E-state index is 0. The molecule has 0 aromatic heterocycles. The van der Waals surface area contributed by atoms with Crippen molar-refractivity contribution in [1.29, 1.82) is 0 Å². The highest BCUT2D eigenvalue weighted by Gasteiger charge is 2.28. The molecule has 1 aromatic carbocycles. The zero-order valence-electron chi connectivity index (χ0n) is 18.0. The quantitative estimate of drug-likeness (QED) is 0.276. The molecule has 2 rings (SSSR count). The van der Waals surface area contributed by atoms with E-state index in [-0.39, 0.29) is 54.7 Å². The van der Waals surface area contributed by atoms with E-state index in [1.807, 2.05) is 18.7 Å². The standard InChI is InChI=1S/C19H30F2N4O4S.HI/c1-15(2)28-12-13-30(26,27)25-10-8-24(9-11-25)19(22-3)23-14-16-6-4-5-7-17(16)29-18(20)21;/h4-7,15,18H,8-14H2,1-3H3,(H,22,23);1H. The summed E-state index contributed by atoms with van der Waals surface area (Å²) in [5, 5.41) is 3.13. The molecule has 1 N–H and O–H groups in total. The van der Waals surface area contributed by atoms with Crippen molar-refractivity contribution in [2.75, 3.05) is 45.6 Å². The third-order valence-corrected chi connectivity index (χ3v) is 6.40. The number of halogens is 3. The van der Waals surface area contributed by atoms with Gasteiger partial charge >= 0.3 is 6.61 Å². The first-order valence-corrected chi connectivity index (χ1v) is 11.4. The topological polar surface area (TPSA) is 83.5 Å². The Kier molecular flexibility index (Phi) is 11.9. The molecule has 1 fully saturated rings. The number of hydrogen-bond donors (Lipinski definition) is 1. The monoisotopic (exact) mass is 576 g/mol. The van der Waals surface area contributed by atoms with Gasteiger partial charge in [0.1, 0.15) is 5.75 Å². The molecular formula is C19H31F2IN4O4S. The maximum atomic E-state index is 12.6. The number of nitrogens with zero attached hydrogens (tertiary/aromatic N) is 3. The molecule has 1 aliphatic rings. The number of aliphatic imine (C=N–C) groups is 1. The van der Waals surface area contributed by atoms with Crippen molar-refractivity contribution in [2.45, 2.75) is 33.1 Å². The Morgan fingerprint density at radius 3 is 2.42 bits per heavy atom. The normalized spacial score (nSPS) is 15.8. The molecule has 12 heteroatoms. The predicted octanol–water partition coefficient (Wildman–Crippen LogP) is 2.35. The Hall–Kier alpha value is -1.25. The van der Waals surface area contributed by atoms with E-state index in [2.05, 4.69) is 15.0 Å². The zero-order chi connectivity index (χ0) is 22.1. The van der Waals surface area contributed by atoms with E-state index in [0.717, 1.165) is 0 Å². The number of rotatable bonds is 9. The first-order valence-electron chi connectivity index (χ1n) is 9.80. The van der Waals surface area contributed by atoms with Gasteiger partial charge in [0, 0.05) is 45.3 Å². The summed E-state index contributed by atoms with van der Waals surface area (Å²) in [6, 6.07) is 6.55. The second kappa shape index (κ2) is 13.3. The van der Waals surface area contributed by atoms with Gasteiger partial charge in [0.05, 0.1) is 18.5 Å². The van der Waals surface area contributed by atoms with Crippen LogP contribution in [0.3, 0.4) is 0 Å². The lowest BCUT2D eigenvalue weighted by atomic mass is 10.2. The van der Waals surface area contributed by atoms with Crippen LogP contribution in [0, 0.1) is 0 Å². The van der Waals surface area contributed by atoms with E-state index in [0.29, 0.717) is 37.7 Å². The molecule has 0 radical (unpaired) electrons. The van der Waals surface area contributed by atoms with Crippen LogP contribution in [-0.4, -0.2) is 81.9 Å². The van der Waals surface area contributed by atoms with Crippen molar-refractivity contribution in [1.82, 2.24) is 14.5 Å². The molecule has 0 unspecified atom stereocenters. The van der Waals surface area contributed by atoms with Crippen LogP contribution in [-0.2, 0) is 21.3 Å². The highest BCUT2D eigenvalue weighted by atomic mass is 127. The third-order valence-electron chi connectivity index (χ3n) is 4.56. The molecule has 31 heavy (non-hydrogen) atoms. The molecule has 1 heterocycles. The van der Waals surface area contributed by atoms with E-state index in [1.54, 1.807) is 25.2 Å². The number of ether oxygens (including phenoxy) is 2. The van der Waals surface area contributed by atoms with Gasteiger partial charge in [0.2, 0.25) is 10.0 Å². The number of alkyl halides is 2. The highest BCUT2D eigenvalue weighted by molar-refractivity contribution is 14.0. The summed E-state index contributed by atoms with van der Waals surface area (Å²) in [5.74, 6) is 0.635. The minimum atomic E-state index is -3.37. The lowest BCUT2D eigenvalue weighted by Gasteiger charge is -2.35. The average molecular weight is 576 g/mol. The van der Waals surface area contributed by atoms with E-state index in [1.165, 1.54) is 10.4 Å². The second-order valence-corrected chi connectivity index (χ2v) is 9.10. The van der Waals surface area contributed by atoms with Gasteiger partial charge in [-0.1, -0.05) is 18.2 Å². The number of guanidine groups is 1. The van der Waals surface area contributed by atoms with Crippen molar-refractivity contribution in [2.24, 2.45) is 4.99 Å². The Bertz CT molecular complexity index is 804. The zero-order valence-corrected chi connectivity index (χ0v) is 21.1. The van der Waals surface area contributed by atoms with Crippen LogP contribution < -0.4 is 10.1 Å².